The molecule has 2 rings (SSSR count). The Morgan fingerprint density at radius 3 is 2.41 bits per heavy atom. The number of nitrogens with zero attached hydrogens (tertiary/aromatic N) is 2. The molecule has 4 nitrogen and oxygen atoms in total. The average Bonchev–Trinajstić information content (AvgIpc) is 2.28. The van der Waals surface area contributed by atoms with Crippen LogP contribution in [0.1, 0.15) is 19.3 Å². The van der Waals surface area contributed by atoms with E-state index >= 15 is 0 Å². The van der Waals surface area contributed by atoms with Gasteiger partial charge in [0.1, 0.15) is 11.2 Å². The summed E-state index contributed by atoms with van der Waals surface area (Å²) >= 11 is 0. The molecule has 0 aromatic heterocycles. The Hall–Kier alpha value is -2.02. The Kier molecular flexibility index (Phi) is 2.76. The van der Waals surface area contributed by atoms with Crippen LogP contribution in [0.15, 0.2) is 24.3 Å². The number of carbonyl (C=O) groups excluding carboxylic acids is 1. The average molecular weight is 230 g/mol. The molecule has 0 saturated heterocycles. The van der Waals surface area contributed by atoms with Crippen molar-refractivity contribution in [3.8, 4) is 11.8 Å². The Bertz CT molecular complexity index is 469. The summed E-state index contributed by atoms with van der Waals surface area (Å²) in [6.07, 6.45) is 2.22. The van der Waals surface area contributed by atoms with E-state index in [2.05, 4.69) is 6.07 Å². The van der Waals surface area contributed by atoms with Crippen LogP contribution in [0.25, 0.3) is 0 Å². The summed E-state index contributed by atoms with van der Waals surface area (Å²) in [5.41, 5.74) is -0.138. The second kappa shape index (κ2) is 4.10. The Labute approximate surface area is 100 Å². The van der Waals surface area contributed by atoms with Crippen LogP contribution >= 0.6 is 0 Å². The van der Waals surface area contributed by atoms with E-state index in [9.17, 15) is 9.90 Å². The van der Waals surface area contributed by atoms with Crippen molar-refractivity contribution in [3.63, 3.8) is 0 Å². The molecule has 1 aliphatic rings. The molecule has 1 aromatic carbocycles. The van der Waals surface area contributed by atoms with Gasteiger partial charge in [-0.3, -0.25) is 4.79 Å². The van der Waals surface area contributed by atoms with E-state index in [1.807, 2.05) is 0 Å². The van der Waals surface area contributed by atoms with E-state index in [1.165, 1.54) is 17.0 Å². The number of hydrogen-bond acceptors (Lipinski definition) is 3. The molecule has 0 heterocycles. The van der Waals surface area contributed by atoms with Gasteiger partial charge in [-0.25, -0.2) is 0 Å². The second-order valence-corrected chi connectivity index (χ2v) is 4.43. The predicted octanol–water partition coefficient (Wildman–Crippen LogP) is 2.05. The van der Waals surface area contributed by atoms with Crippen molar-refractivity contribution in [2.45, 2.75) is 19.3 Å². The molecule has 0 bridgehead atoms. The first-order chi connectivity index (χ1) is 8.09. The van der Waals surface area contributed by atoms with Crippen LogP contribution in [0.3, 0.4) is 0 Å². The monoisotopic (exact) mass is 230 g/mol. The number of benzene rings is 1. The van der Waals surface area contributed by atoms with Gasteiger partial charge in [0, 0.05) is 12.7 Å². The van der Waals surface area contributed by atoms with Crippen molar-refractivity contribution in [2.24, 2.45) is 5.41 Å². The molecule has 17 heavy (non-hydrogen) atoms. The maximum Gasteiger partial charge on any atom is 0.247 e. The van der Waals surface area contributed by atoms with Gasteiger partial charge in [-0.2, -0.15) is 5.26 Å². The number of phenolic OH excluding ortho intramolecular Hbond substituents is 1. The summed E-state index contributed by atoms with van der Waals surface area (Å²) in [6.45, 7) is 0. The van der Waals surface area contributed by atoms with Crippen molar-refractivity contribution in [1.29, 1.82) is 5.26 Å². The fraction of sp³-hybridized carbons (Fsp3) is 0.385. The second-order valence-electron chi connectivity index (χ2n) is 4.43. The molecule has 1 fully saturated rings. The van der Waals surface area contributed by atoms with Gasteiger partial charge in [0.2, 0.25) is 5.91 Å². The lowest BCUT2D eigenvalue weighted by Crippen LogP contribution is -2.45. The summed E-state index contributed by atoms with van der Waals surface area (Å²) in [6, 6.07) is 8.52. The molecule has 1 N–H and O–H groups in total. The topological polar surface area (TPSA) is 64.3 Å². The molecule has 0 aliphatic heterocycles. The fourth-order valence-corrected chi connectivity index (χ4v) is 2.02. The van der Waals surface area contributed by atoms with Gasteiger partial charge >= 0.3 is 0 Å². The number of anilines is 1. The normalized spacial score (nSPS) is 16.7. The zero-order chi connectivity index (χ0) is 12.5. The summed E-state index contributed by atoms with van der Waals surface area (Å²) in [5.74, 6) is 0.00480. The molecule has 0 atom stereocenters. The minimum absolute atomic E-state index is 0.156. The minimum atomic E-state index is -0.827. The van der Waals surface area contributed by atoms with Gasteiger partial charge < -0.3 is 10.0 Å². The highest BCUT2D eigenvalue weighted by Gasteiger charge is 2.46. The van der Waals surface area contributed by atoms with Crippen LogP contribution in [-0.4, -0.2) is 18.1 Å². The van der Waals surface area contributed by atoms with Gasteiger partial charge in [0.25, 0.3) is 0 Å². The van der Waals surface area contributed by atoms with Crippen LogP contribution in [0, 0.1) is 16.7 Å². The van der Waals surface area contributed by atoms with E-state index in [-0.39, 0.29) is 11.7 Å². The molecule has 0 spiro atoms. The fourth-order valence-electron chi connectivity index (χ4n) is 2.02. The number of aromatic hydroxyl groups is 1. The number of rotatable bonds is 2. The standard InChI is InChI=1S/C13H14N2O2/c1-15(10-3-5-11(16)6-4-10)12(17)13(9-14)7-2-8-13/h3-6,16H,2,7-8H2,1H3. The Morgan fingerprint density at radius 1 is 1.41 bits per heavy atom. The Morgan fingerprint density at radius 2 is 2.00 bits per heavy atom. The third kappa shape index (κ3) is 1.84. The summed E-state index contributed by atoms with van der Waals surface area (Å²) in [4.78, 5) is 13.7. The highest BCUT2D eigenvalue weighted by molar-refractivity contribution is 5.99. The first-order valence-corrected chi connectivity index (χ1v) is 5.57. The lowest BCUT2D eigenvalue weighted by molar-refractivity contribution is -0.128. The SMILES string of the molecule is CN(C(=O)C1(C#N)CCC1)c1ccc(O)cc1. The predicted molar refractivity (Wildman–Crippen MR) is 63.4 cm³/mol. The van der Waals surface area contributed by atoms with Crippen LogP contribution in [0.5, 0.6) is 5.75 Å². The third-order valence-electron chi connectivity index (χ3n) is 3.37. The first-order valence-electron chi connectivity index (χ1n) is 5.57. The molecule has 0 unspecified atom stereocenters. The molecule has 1 aromatic rings. The van der Waals surface area contributed by atoms with Crippen LogP contribution in [-0.2, 0) is 4.79 Å². The lowest BCUT2D eigenvalue weighted by Gasteiger charge is -2.36. The van der Waals surface area contributed by atoms with Crippen molar-refractivity contribution in [1.82, 2.24) is 0 Å². The molecule has 88 valence electrons. The zero-order valence-electron chi connectivity index (χ0n) is 9.68. The van der Waals surface area contributed by atoms with Crippen molar-refractivity contribution in [3.05, 3.63) is 24.3 Å². The van der Waals surface area contributed by atoms with Crippen LogP contribution in [0.2, 0.25) is 0 Å². The van der Waals surface area contributed by atoms with E-state index < -0.39 is 5.41 Å². The largest absolute Gasteiger partial charge is 0.508 e. The highest BCUT2D eigenvalue weighted by atomic mass is 16.3. The van der Waals surface area contributed by atoms with E-state index in [1.54, 1.807) is 19.2 Å². The minimum Gasteiger partial charge on any atom is -0.508 e. The van der Waals surface area contributed by atoms with Gasteiger partial charge in [0.05, 0.1) is 6.07 Å². The molecular weight excluding hydrogens is 216 g/mol. The van der Waals surface area contributed by atoms with Crippen molar-refractivity contribution in [2.75, 3.05) is 11.9 Å². The maximum atomic E-state index is 12.2. The molecule has 0 radical (unpaired) electrons. The quantitative estimate of drug-likeness (QED) is 0.845. The smallest absolute Gasteiger partial charge is 0.247 e. The van der Waals surface area contributed by atoms with Gasteiger partial charge in [-0.15, -0.1) is 0 Å². The maximum absolute atomic E-state index is 12.2. The highest BCUT2D eigenvalue weighted by Crippen LogP contribution is 2.42. The Balaban J connectivity index is 2.20. The molecular formula is C13H14N2O2. The van der Waals surface area contributed by atoms with Crippen molar-refractivity contribution >= 4 is 11.6 Å². The molecule has 1 amide bonds. The number of amides is 1. The number of phenols is 1. The molecule has 4 heteroatoms. The molecule has 1 saturated carbocycles. The van der Waals surface area contributed by atoms with Gasteiger partial charge in [-0.1, -0.05) is 0 Å². The lowest BCUT2D eigenvalue weighted by atomic mass is 9.69. The van der Waals surface area contributed by atoms with Crippen LogP contribution < -0.4 is 4.90 Å². The van der Waals surface area contributed by atoms with E-state index in [0.717, 1.165) is 6.42 Å². The number of nitriles is 1. The summed E-state index contributed by atoms with van der Waals surface area (Å²) < 4.78 is 0. The van der Waals surface area contributed by atoms with E-state index in [4.69, 9.17) is 5.26 Å². The molecule has 1 aliphatic carbocycles. The van der Waals surface area contributed by atoms with Gasteiger partial charge in [-0.05, 0) is 43.5 Å². The number of carbonyl (C=O) groups is 1. The third-order valence-corrected chi connectivity index (χ3v) is 3.37. The summed E-state index contributed by atoms with van der Waals surface area (Å²) in [5, 5.41) is 18.3. The van der Waals surface area contributed by atoms with E-state index in [0.29, 0.717) is 18.5 Å². The van der Waals surface area contributed by atoms with Crippen LogP contribution in [0.4, 0.5) is 5.69 Å². The zero-order valence-corrected chi connectivity index (χ0v) is 9.68. The van der Waals surface area contributed by atoms with Gasteiger partial charge in [0.15, 0.2) is 0 Å². The summed E-state index contributed by atoms with van der Waals surface area (Å²) in [7, 11) is 1.66. The first kappa shape index (κ1) is 11.5. The van der Waals surface area contributed by atoms with Crippen molar-refractivity contribution < 1.29 is 9.90 Å². The number of hydrogen-bond donors (Lipinski definition) is 1.